The van der Waals surface area contributed by atoms with Gasteiger partial charge in [0.2, 0.25) is 0 Å². The van der Waals surface area contributed by atoms with Crippen LogP contribution < -0.4 is 0 Å². The van der Waals surface area contributed by atoms with E-state index < -0.39 is 0 Å². The molecular weight excluding hydrogens is 232 g/mol. The topological polar surface area (TPSA) is 71.1 Å². The van der Waals surface area contributed by atoms with Crippen molar-refractivity contribution in [2.45, 2.75) is 26.7 Å². The van der Waals surface area contributed by atoms with Gasteiger partial charge in [-0.05, 0) is 19.8 Å². The second kappa shape index (κ2) is 5.95. The van der Waals surface area contributed by atoms with Crippen LogP contribution in [0.25, 0.3) is 0 Å². The first-order valence-corrected chi connectivity index (χ1v) is 6.46. The van der Waals surface area contributed by atoms with Gasteiger partial charge in [0.25, 0.3) is 5.91 Å². The molecule has 0 aliphatic carbocycles. The van der Waals surface area contributed by atoms with E-state index in [0.717, 1.165) is 39.1 Å². The van der Waals surface area contributed by atoms with Gasteiger partial charge in [-0.2, -0.15) is 15.4 Å². The maximum Gasteiger partial charge on any atom is 0.276 e. The second-order valence-electron chi connectivity index (χ2n) is 4.74. The lowest BCUT2D eigenvalue weighted by Crippen LogP contribution is -2.30. The Morgan fingerprint density at radius 3 is 3.06 bits per heavy atom. The van der Waals surface area contributed by atoms with E-state index in [-0.39, 0.29) is 5.91 Å². The summed E-state index contributed by atoms with van der Waals surface area (Å²) in [6, 6.07) is 0. The highest BCUT2D eigenvalue weighted by Crippen LogP contribution is 2.19. The molecule has 1 aliphatic heterocycles. The molecule has 1 atom stereocenters. The molecule has 0 spiro atoms. The Hall–Kier alpha value is -1.43. The van der Waals surface area contributed by atoms with Crippen LogP contribution in [0.5, 0.6) is 0 Å². The van der Waals surface area contributed by atoms with Gasteiger partial charge < -0.3 is 9.64 Å². The number of likely N-dealkylation sites (tertiary alicyclic amines) is 1. The van der Waals surface area contributed by atoms with E-state index >= 15 is 0 Å². The molecule has 6 nitrogen and oxygen atoms in total. The third-order valence-electron chi connectivity index (χ3n) is 3.20. The van der Waals surface area contributed by atoms with Gasteiger partial charge in [0.1, 0.15) is 0 Å². The molecule has 1 aliphatic rings. The number of H-pyrrole nitrogens is 1. The molecule has 1 aromatic heterocycles. The molecule has 0 radical (unpaired) electrons. The number of amides is 1. The second-order valence-corrected chi connectivity index (χ2v) is 4.74. The summed E-state index contributed by atoms with van der Waals surface area (Å²) in [7, 11) is 0. The molecule has 2 rings (SSSR count). The number of carbonyl (C=O) groups excluding carboxylic acids is 1. The summed E-state index contributed by atoms with van der Waals surface area (Å²) in [5.41, 5.74) is 1.09. The molecular formula is C12H20N4O2. The van der Waals surface area contributed by atoms with Crippen LogP contribution in [0.15, 0.2) is 0 Å². The normalized spacial score (nSPS) is 19.4. The molecule has 1 saturated heterocycles. The van der Waals surface area contributed by atoms with Crippen LogP contribution in [0.3, 0.4) is 0 Å². The van der Waals surface area contributed by atoms with Crippen LogP contribution in [-0.4, -0.2) is 52.5 Å². The van der Waals surface area contributed by atoms with Crippen LogP contribution in [0.4, 0.5) is 0 Å². The summed E-state index contributed by atoms with van der Waals surface area (Å²) in [6.07, 6.45) is 2.04. The van der Waals surface area contributed by atoms with Gasteiger partial charge in [-0.15, -0.1) is 0 Å². The Bertz CT molecular complexity index is 405. The Kier molecular flexibility index (Phi) is 4.30. The molecule has 6 heteroatoms. The number of ether oxygens (including phenoxy) is 1. The van der Waals surface area contributed by atoms with Crippen LogP contribution >= 0.6 is 0 Å². The number of hydrogen-bond donors (Lipinski definition) is 1. The van der Waals surface area contributed by atoms with Gasteiger partial charge in [0, 0.05) is 25.6 Å². The predicted molar refractivity (Wildman–Crippen MR) is 66.2 cm³/mol. The molecule has 2 heterocycles. The first-order chi connectivity index (χ1) is 8.72. The number of nitrogens with zero attached hydrogens (tertiary/aromatic N) is 3. The van der Waals surface area contributed by atoms with Crippen molar-refractivity contribution in [3.63, 3.8) is 0 Å². The Labute approximate surface area is 107 Å². The first-order valence-electron chi connectivity index (χ1n) is 6.46. The number of aromatic amines is 1. The molecule has 1 amide bonds. The van der Waals surface area contributed by atoms with Crippen molar-refractivity contribution in [1.29, 1.82) is 0 Å². The summed E-state index contributed by atoms with van der Waals surface area (Å²) in [5.74, 6) is 0.423. The van der Waals surface area contributed by atoms with Crippen molar-refractivity contribution in [3.05, 3.63) is 11.4 Å². The minimum atomic E-state index is -0.0285. The third-order valence-corrected chi connectivity index (χ3v) is 3.20. The molecule has 0 bridgehead atoms. The third kappa shape index (κ3) is 2.87. The van der Waals surface area contributed by atoms with E-state index in [0.29, 0.717) is 17.3 Å². The lowest BCUT2D eigenvalue weighted by molar-refractivity contribution is 0.0748. The van der Waals surface area contributed by atoms with E-state index in [1.54, 1.807) is 6.92 Å². The van der Waals surface area contributed by atoms with Crippen molar-refractivity contribution in [2.75, 3.05) is 26.3 Å². The smallest absolute Gasteiger partial charge is 0.276 e. The van der Waals surface area contributed by atoms with Gasteiger partial charge in [0.05, 0.1) is 12.3 Å². The monoisotopic (exact) mass is 252 g/mol. The lowest BCUT2D eigenvalue weighted by atomic mass is 10.1. The molecule has 0 saturated carbocycles. The summed E-state index contributed by atoms with van der Waals surface area (Å²) in [4.78, 5) is 14.0. The molecule has 1 aromatic rings. The van der Waals surface area contributed by atoms with Crippen LogP contribution in [0, 0.1) is 12.8 Å². The highest BCUT2D eigenvalue weighted by atomic mass is 16.5. The van der Waals surface area contributed by atoms with E-state index in [1.807, 2.05) is 4.90 Å². The average Bonchev–Trinajstić information content (AvgIpc) is 2.98. The van der Waals surface area contributed by atoms with Crippen molar-refractivity contribution in [1.82, 2.24) is 20.3 Å². The maximum absolute atomic E-state index is 12.2. The first kappa shape index (κ1) is 13.0. The zero-order chi connectivity index (χ0) is 13.0. The summed E-state index contributed by atoms with van der Waals surface area (Å²) >= 11 is 0. The number of aryl methyl sites for hydroxylation is 1. The van der Waals surface area contributed by atoms with Gasteiger partial charge in [-0.3, -0.25) is 4.79 Å². The van der Waals surface area contributed by atoms with Crippen LogP contribution in [0.1, 0.15) is 35.9 Å². The van der Waals surface area contributed by atoms with E-state index in [9.17, 15) is 4.79 Å². The fourth-order valence-electron chi connectivity index (χ4n) is 2.18. The van der Waals surface area contributed by atoms with Crippen molar-refractivity contribution in [3.8, 4) is 0 Å². The molecule has 0 aromatic carbocycles. The van der Waals surface area contributed by atoms with E-state index in [2.05, 4.69) is 22.3 Å². The highest BCUT2D eigenvalue weighted by Gasteiger charge is 2.29. The maximum atomic E-state index is 12.2. The molecule has 18 heavy (non-hydrogen) atoms. The van der Waals surface area contributed by atoms with Crippen LogP contribution in [-0.2, 0) is 4.74 Å². The summed E-state index contributed by atoms with van der Waals surface area (Å²) in [6.45, 7) is 6.97. The van der Waals surface area contributed by atoms with Crippen molar-refractivity contribution >= 4 is 5.91 Å². The number of rotatable bonds is 5. The lowest BCUT2D eigenvalue weighted by Gasteiger charge is -2.15. The molecule has 100 valence electrons. The molecule has 1 fully saturated rings. The highest BCUT2D eigenvalue weighted by molar-refractivity contribution is 5.93. The number of carbonyl (C=O) groups is 1. The largest absolute Gasteiger partial charge is 0.381 e. The fourth-order valence-corrected chi connectivity index (χ4v) is 2.18. The van der Waals surface area contributed by atoms with E-state index in [4.69, 9.17) is 4.74 Å². The average molecular weight is 252 g/mol. The Morgan fingerprint density at radius 2 is 2.39 bits per heavy atom. The molecule has 1 unspecified atom stereocenters. The summed E-state index contributed by atoms with van der Waals surface area (Å²) in [5, 5.41) is 10.3. The fraction of sp³-hybridized carbons (Fsp3) is 0.750. The zero-order valence-electron chi connectivity index (χ0n) is 11.0. The minimum Gasteiger partial charge on any atom is -0.381 e. The predicted octanol–water partition coefficient (Wildman–Crippen LogP) is 1.00. The van der Waals surface area contributed by atoms with Crippen molar-refractivity contribution < 1.29 is 9.53 Å². The quantitative estimate of drug-likeness (QED) is 0.794. The number of nitrogens with one attached hydrogen (secondary N) is 1. The van der Waals surface area contributed by atoms with Gasteiger partial charge in [0.15, 0.2) is 5.69 Å². The number of aromatic nitrogens is 3. The minimum absolute atomic E-state index is 0.0285. The standard InChI is InChI=1S/C12H20N4O2/c1-3-6-18-8-10-4-5-16(7-10)12(17)11-9(2)13-15-14-11/h10H,3-8H2,1-2H3,(H,13,14,15). The Balaban J connectivity index is 1.85. The van der Waals surface area contributed by atoms with E-state index in [1.165, 1.54) is 0 Å². The summed E-state index contributed by atoms with van der Waals surface area (Å²) < 4.78 is 5.54. The zero-order valence-corrected chi connectivity index (χ0v) is 11.0. The number of hydrogen-bond acceptors (Lipinski definition) is 4. The molecule has 1 N–H and O–H groups in total. The van der Waals surface area contributed by atoms with Gasteiger partial charge in [-0.25, -0.2) is 0 Å². The van der Waals surface area contributed by atoms with Crippen LogP contribution in [0.2, 0.25) is 0 Å². The van der Waals surface area contributed by atoms with Gasteiger partial charge >= 0.3 is 0 Å². The van der Waals surface area contributed by atoms with Crippen molar-refractivity contribution in [2.24, 2.45) is 5.92 Å². The SMILES string of the molecule is CCCOCC1CCN(C(=O)c2n[nH]nc2C)C1. The van der Waals surface area contributed by atoms with Gasteiger partial charge in [-0.1, -0.05) is 6.92 Å². The Morgan fingerprint density at radius 1 is 1.56 bits per heavy atom.